The molecule has 1 fully saturated rings. The second kappa shape index (κ2) is 8.42. The topological polar surface area (TPSA) is 66.8 Å². The van der Waals surface area contributed by atoms with E-state index in [-0.39, 0.29) is 12.3 Å². The fourth-order valence-electron chi connectivity index (χ4n) is 2.44. The number of ether oxygens (including phenoxy) is 1. The van der Waals surface area contributed by atoms with Gasteiger partial charge in [-0.1, -0.05) is 29.8 Å². The van der Waals surface area contributed by atoms with Crippen molar-refractivity contribution in [1.82, 2.24) is 10.4 Å². The Labute approximate surface area is 155 Å². The van der Waals surface area contributed by atoms with Crippen molar-refractivity contribution in [2.75, 3.05) is 31.2 Å². The fourth-order valence-corrected chi connectivity index (χ4v) is 3.59. The number of anilines is 1. The summed E-state index contributed by atoms with van der Waals surface area (Å²) < 4.78 is 5.34. The zero-order valence-corrected chi connectivity index (χ0v) is 15.4. The number of carbonyl (C=O) groups excluding carboxylic acids is 1. The first-order valence-electron chi connectivity index (χ1n) is 7.98. The highest BCUT2D eigenvalue weighted by atomic mass is 35.5. The van der Waals surface area contributed by atoms with Gasteiger partial charge in [0.05, 0.1) is 31.0 Å². The molecule has 2 heterocycles. The van der Waals surface area contributed by atoms with Crippen LogP contribution < -0.4 is 10.3 Å². The normalized spacial score (nSPS) is 15.3. The lowest BCUT2D eigenvalue weighted by Crippen LogP contribution is -2.36. The zero-order valence-electron chi connectivity index (χ0n) is 13.9. The first-order valence-corrected chi connectivity index (χ1v) is 9.24. The van der Waals surface area contributed by atoms with Crippen LogP contribution in [-0.2, 0) is 16.0 Å². The zero-order chi connectivity index (χ0) is 17.6. The van der Waals surface area contributed by atoms with Gasteiger partial charge in [-0.05, 0) is 13.0 Å². The highest BCUT2D eigenvalue weighted by Crippen LogP contribution is 2.21. The van der Waals surface area contributed by atoms with Crippen molar-refractivity contribution in [2.45, 2.75) is 13.3 Å². The van der Waals surface area contributed by atoms with E-state index in [2.05, 4.69) is 20.4 Å². The number of nitrogens with zero attached hydrogens (tertiary/aromatic N) is 3. The number of thiazole rings is 1. The van der Waals surface area contributed by atoms with Crippen molar-refractivity contribution in [1.29, 1.82) is 0 Å². The molecule has 1 aromatic carbocycles. The van der Waals surface area contributed by atoms with Gasteiger partial charge < -0.3 is 9.64 Å². The van der Waals surface area contributed by atoms with Crippen LogP contribution in [0.5, 0.6) is 0 Å². The number of aromatic nitrogens is 1. The number of morpholine rings is 1. The highest BCUT2D eigenvalue weighted by Gasteiger charge is 2.15. The SMILES string of the molecule is C/C(=N/NC(=O)Cc1csc(N2CCOCC2)n1)c1ccccc1Cl. The molecular formula is C17H19ClN4O2S. The molecule has 0 saturated carbocycles. The number of rotatable bonds is 5. The predicted octanol–water partition coefficient (Wildman–Crippen LogP) is 2.72. The molecule has 1 saturated heterocycles. The van der Waals surface area contributed by atoms with E-state index < -0.39 is 0 Å². The smallest absolute Gasteiger partial charge is 0.246 e. The summed E-state index contributed by atoms with van der Waals surface area (Å²) in [6, 6.07) is 7.39. The van der Waals surface area contributed by atoms with Crippen molar-refractivity contribution in [3.05, 3.63) is 45.9 Å². The minimum atomic E-state index is -0.203. The van der Waals surface area contributed by atoms with Gasteiger partial charge in [0, 0.05) is 29.1 Å². The Balaban J connectivity index is 1.57. The lowest BCUT2D eigenvalue weighted by Gasteiger charge is -2.26. The highest BCUT2D eigenvalue weighted by molar-refractivity contribution is 7.13. The monoisotopic (exact) mass is 378 g/mol. The van der Waals surface area contributed by atoms with E-state index in [9.17, 15) is 4.79 Å². The van der Waals surface area contributed by atoms with Gasteiger partial charge in [0.2, 0.25) is 5.91 Å². The van der Waals surface area contributed by atoms with Crippen LogP contribution in [0.2, 0.25) is 5.02 Å². The molecule has 25 heavy (non-hydrogen) atoms. The number of halogens is 1. The molecule has 2 aromatic rings. The summed E-state index contributed by atoms with van der Waals surface area (Å²) >= 11 is 7.67. The molecule has 3 rings (SSSR count). The molecule has 0 aliphatic carbocycles. The van der Waals surface area contributed by atoms with E-state index in [4.69, 9.17) is 16.3 Å². The molecule has 1 aliphatic rings. The third-order valence-corrected chi connectivity index (χ3v) is 5.05. The van der Waals surface area contributed by atoms with Gasteiger partial charge in [-0.25, -0.2) is 10.4 Å². The molecule has 1 N–H and O–H groups in total. The summed E-state index contributed by atoms with van der Waals surface area (Å²) in [5, 5.41) is 7.58. The van der Waals surface area contributed by atoms with Crippen LogP contribution in [0.4, 0.5) is 5.13 Å². The van der Waals surface area contributed by atoms with Crippen molar-refractivity contribution >= 4 is 39.7 Å². The maximum absolute atomic E-state index is 12.1. The Hall–Kier alpha value is -1.96. The van der Waals surface area contributed by atoms with E-state index >= 15 is 0 Å². The second-order valence-corrected chi connectivity index (χ2v) is 6.85. The number of benzene rings is 1. The third-order valence-electron chi connectivity index (χ3n) is 3.77. The number of carbonyl (C=O) groups is 1. The first-order chi connectivity index (χ1) is 12.1. The summed E-state index contributed by atoms with van der Waals surface area (Å²) in [6.45, 7) is 4.90. The molecule has 6 nitrogen and oxygen atoms in total. The van der Waals surface area contributed by atoms with Crippen molar-refractivity contribution < 1.29 is 9.53 Å². The van der Waals surface area contributed by atoms with E-state index in [1.165, 1.54) is 0 Å². The molecular weight excluding hydrogens is 360 g/mol. The molecule has 1 amide bonds. The average molecular weight is 379 g/mol. The van der Waals surface area contributed by atoms with Crippen LogP contribution in [0.1, 0.15) is 18.2 Å². The molecule has 0 bridgehead atoms. The number of hydrazone groups is 1. The number of amides is 1. The van der Waals surface area contributed by atoms with Gasteiger partial charge >= 0.3 is 0 Å². The maximum Gasteiger partial charge on any atom is 0.246 e. The van der Waals surface area contributed by atoms with Crippen LogP contribution in [0.15, 0.2) is 34.7 Å². The molecule has 8 heteroatoms. The Bertz CT molecular complexity index is 772. The summed E-state index contributed by atoms with van der Waals surface area (Å²) in [5.41, 5.74) is 4.77. The molecule has 1 aromatic heterocycles. The van der Waals surface area contributed by atoms with Crippen LogP contribution in [-0.4, -0.2) is 42.9 Å². The van der Waals surface area contributed by atoms with Gasteiger partial charge in [0.1, 0.15) is 0 Å². The van der Waals surface area contributed by atoms with E-state index in [0.717, 1.165) is 29.5 Å². The second-order valence-electron chi connectivity index (χ2n) is 5.61. The molecule has 0 radical (unpaired) electrons. The number of hydrogen-bond acceptors (Lipinski definition) is 6. The molecule has 0 atom stereocenters. The lowest BCUT2D eigenvalue weighted by atomic mass is 10.1. The van der Waals surface area contributed by atoms with Crippen molar-refractivity contribution in [3.8, 4) is 0 Å². The Morgan fingerprint density at radius 2 is 2.16 bits per heavy atom. The van der Waals surface area contributed by atoms with Crippen LogP contribution in [0.25, 0.3) is 0 Å². The average Bonchev–Trinajstić information content (AvgIpc) is 3.09. The largest absolute Gasteiger partial charge is 0.378 e. The quantitative estimate of drug-likeness (QED) is 0.641. The van der Waals surface area contributed by atoms with Gasteiger partial charge in [-0.2, -0.15) is 5.10 Å². The van der Waals surface area contributed by atoms with Crippen LogP contribution >= 0.6 is 22.9 Å². The van der Waals surface area contributed by atoms with Crippen molar-refractivity contribution in [3.63, 3.8) is 0 Å². The number of hydrogen-bond donors (Lipinski definition) is 1. The predicted molar refractivity (Wildman–Crippen MR) is 101 cm³/mol. The van der Waals surface area contributed by atoms with Crippen LogP contribution in [0.3, 0.4) is 0 Å². The van der Waals surface area contributed by atoms with E-state index in [1.807, 2.05) is 23.6 Å². The third kappa shape index (κ3) is 4.78. The minimum absolute atomic E-state index is 0.195. The number of nitrogens with one attached hydrogen (secondary N) is 1. The molecule has 1 aliphatic heterocycles. The van der Waals surface area contributed by atoms with Crippen molar-refractivity contribution in [2.24, 2.45) is 5.10 Å². The summed E-state index contributed by atoms with van der Waals surface area (Å²) in [6.07, 6.45) is 0.195. The minimum Gasteiger partial charge on any atom is -0.378 e. The Morgan fingerprint density at radius 3 is 2.92 bits per heavy atom. The standard InChI is InChI=1S/C17H19ClN4O2S/c1-12(14-4-2-3-5-15(14)18)20-21-16(23)10-13-11-25-17(19-13)22-6-8-24-9-7-22/h2-5,11H,6-10H2,1H3,(H,21,23)/b20-12-. The summed E-state index contributed by atoms with van der Waals surface area (Å²) in [5.74, 6) is -0.203. The van der Waals surface area contributed by atoms with E-state index in [0.29, 0.717) is 23.9 Å². The summed E-state index contributed by atoms with van der Waals surface area (Å²) in [4.78, 5) is 18.8. The Kier molecular flexibility index (Phi) is 6.01. The first kappa shape index (κ1) is 17.8. The summed E-state index contributed by atoms with van der Waals surface area (Å²) in [7, 11) is 0. The fraction of sp³-hybridized carbons (Fsp3) is 0.353. The van der Waals surface area contributed by atoms with Gasteiger partial charge in [0.15, 0.2) is 5.13 Å². The van der Waals surface area contributed by atoms with Gasteiger partial charge in [-0.15, -0.1) is 11.3 Å². The van der Waals surface area contributed by atoms with Crippen LogP contribution in [0, 0.1) is 0 Å². The van der Waals surface area contributed by atoms with Gasteiger partial charge in [0.25, 0.3) is 0 Å². The molecule has 0 spiro atoms. The van der Waals surface area contributed by atoms with E-state index in [1.54, 1.807) is 24.3 Å². The maximum atomic E-state index is 12.1. The molecule has 132 valence electrons. The van der Waals surface area contributed by atoms with Gasteiger partial charge in [-0.3, -0.25) is 4.79 Å². The Morgan fingerprint density at radius 1 is 1.40 bits per heavy atom. The molecule has 0 unspecified atom stereocenters. The lowest BCUT2D eigenvalue weighted by molar-refractivity contribution is -0.120.